The predicted octanol–water partition coefficient (Wildman–Crippen LogP) is 3.32. The number of anilines is 1. The molecular weight excluding hydrogens is 340 g/mol. The molecule has 1 saturated carbocycles. The van der Waals surface area contributed by atoms with Crippen molar-refractivity contribution < 1.29 is 19.1 Å². The molecule has 6 nitrogen and oxygen atoms in total. The van der Waals surface area contributed by atoms with Crippen LogP contribution in [0.1, 0.15) is 66.8 Å². The number of hydrogen-bond acceptors (Lipinski definition) is 5. The first-order valence-corrected chi connectivity index (χ1v) is 9.50. The van der Waals surface area contributed by atoms with E-state index in [-0.39, 0.29) is 17.9 Å². The third kappa shape index (κ3) is 5.04. The lowest BCUT2D eigenvalue weighted by Crippen LogP contribution is -2.42. The highest BCUT2D eigenvalue weighted by Crippen LogP contribution is 2.33. The molecule has 1 heterocycles. The molecule has 1 unspecified atom stereocenters. The molecular formula is C18H26N2O4S. The number of rotatable bonds is 5. The van der Waals surface area contributed by atoms with Crippen molar-refractivity contribution in [2.75, 3.05) is 5.32 Å². The molecule has 1 aromatic heterocycles. The predicted molar refractivity (Wildman–Crippen MR) is 98.0 cm³/mol. The average Bonchev–Trinajstić information content (AvgIpc) is 2.81. The van der Waals surface area contributed by atoms with Gasteiger partial charge in [-0.1, -0.05) is 19.3 Å². The number of carbonyl (C=O) groups is 3. The van der Waals surface area contributed by atoms with Gasteiger partial charge in [0.15, 0.2) is 6.10 Å². The number of thiophene rings is 1. The molecule has 1 atom stereocenters. The van der Waals surface area contributed by atoms with E-state index in [9.17, 15) is 14.4 Å². The molecule has 1 aliphatic carbocycles. The molecule has 1 aliphatic rings. The van der Waals surface area contributed by atoms with Crippen LogP contribution < -0.4 is 10.6 Å². The number of ether oxygens (including phenoxy) is 1. The van der Waals surface area contributed by atoms with Crippen LogP contribution in [0.2, 0.25) is 0 Å². The fraction of sp³-hybridized carbons (Fsp3) is 0.611. The van der Waals surface area contributed by atoms with E-state index >= 15 is 0 Å². The quantitative estimate of drug-likeness (QED) is 0.783. The Kier molecular flexibility index (Phi) is 6.58. The van der Waals surface area contributed by atoms with E-state index in [1.807, 2.05) is 6.92 Å². The van der Waals surface area contributed by atoms with Gasteiger partial charge in [-0.05, 0) is 39.2 Å². The van der Waals surface area contributed by atoms with Crippen molar-refractivity contribution in [1.29, 1.82) is 0 Å². The largest absolute Gasteiger partial charge is 0.449 e. The Balaban J connectivity index is 2.03. The van der Waals surface area contributed by atoms with Crippen molar-refractivity contribution in [1.82, 2.24) is 5.32 Å². The van der Waals surface area contributed by atoms with Gasteiger partial charge < -0.3 is 15.4 Å². The lowest BCUT2D eigenvalue weighted by atomic mass is 9.95. The van der Waals surface area contributed by atoms with Gasteiger partial charge in [0.25, 0.3) is 5.91 Å². The number of nitrogens with one attached hydrogen (secondary N) is 2. The molecule has 0 aliphatic heterocycles. The SMILES string of the molecule is CC(=O)Nc1sc(C)c(C)c1C(=O)OC(C)C(=O)NC1CCCCC1. The summed E-state index contributed by atoms with van der Waals surface area (Å²) < 4.78 is 5.36. The lowest BCUT2D eigenvalue weighted by Gasteiger charge is -2.24. The monoisotopic (exact) mass is 366 g/mol. The van der Waals surface area contributed by atoms with Crippen molar-refractivity contribution in [2.24, 2.45) is 0 Å². The second-order valence-corrected chi connectivity index (χ2v) is 7.78. The molecule has 2 N–H and O–H groups in total. The van der Waals surface area contributed by atoms with Crippen LogP contribution in [0.25, 0.3) is 0 Å². The van der Waals surface area contributed by atoms with Crippen LogP contribution in [0.15, 0.2) is 0 Å². The van der Waals surface area contributed by atoms with Gasteiger partial charge in [-0.25, -0.2) is 4.79 Å². The molecule has 0 bridgehead atoms. The average molecular weight is 366 g/mol. The van der Waals surface area contributed by atoms with Gasteiger partial charge in [0.1, 0.15) is 5.00 Å². The van der Waals surface area contributed by atoms with Gasteiger partial charge in [-0.3, -0.25) is 9.59 Å². The maximum atomic E-state index is 12.5. The molecule has 138 valence electrons. The highest BCUT2D eigenvalue weighted by atomic mass is 32.1. The minimum Gasteiger partial charge on any atom is -0.449 e. The van der Waals surface area contributed by atoms with Crippen LogP contribution in [0.3, 0.4) is 0 Å². The number of aryl methyl sites for hydroxylation is 1. The Labute approximate surface area is 152 Å². The van der Waals surface area contributed by atoms with Gasteiger partial charge >= 0.3 is 5.97 Å². The standard InChI is InChI=1S/C18H26N2O4S/c1-10-12(3)25-17(19-13(4)21)15(10)18(23)24-11(2)16(22)20-14-8-6-5-7-9-14/h11,14H,5-9H2,1-4H3,(H,19,21)(H,20,22). The summed E-state index contributed by atoms with van der Waals surface area (Å²) in [5, 5.41) is 6.09. The summed E-state index contributed by atoms with van der Waals surface area (Å²) in [7, 11) is 0. The summed E-state index contributed by atoms with van der Waals surface area (Å²) in [5.74, 6) is -1.11. The van der Waals surface area contributed by atoms with E-state index < -0.39 is 12.1 Å². The summed E-state index contributed by atoms with van der Waals surface area (Å²) in [5.41, 5.74) is 1.09. The second kappa shape index (κ2) is 8.47. The highest BCUT2D eigenvalue weighted by Gasteiger charge is 2.26. The summed E-state index contributed by atoms with van der Waals surface area (Å²) in [6.07, 6.45) is 4.52. The molecule has 2 amide bonds. The molecule has 0 radical (unpaired) electrons. The highest BCUT2D eigenvalue weighted by molar-refractivity contribution is 7.16. The zero-order chi connectivity index (χ0) is 18.6. The van der Waals surface area contributed by atoms with Gasteiger partial charge in [-0.2, -0.15) is 0 Å². The number of amides is 2. The fourth-order valence-corrected chi connectivity index (χ4v) is 4.05. The first kappa shape index (κ1) is 19.4. The Morgan fingerprint density at radius 3 is 2.40 bits per heavy atom. The minimum atomic E-state index is -0.876. The molecule has 2 rings (SSSR count). The molecule has 1 aromatic rings. The van der Waals surface area contributed by atoms with E-state index in [1.54, 1.807) is 13.8 Å². The van der Waals surface area contributed by atoms with Crippen molar-refractivity contribution >= 4 is 34.1 Å². The van der Waals surface area contributed by atoms with Gasteiger partial charge in [0, 0.05) is 17.8 Å². The van der Waals surface area contributed by atoms with Gasteiger partial charge in [-0.15, -0.1) is 11.3 Å². The molecule has 0 spiro atoms. The molecule has 25 heavy (non-hydrogen) atoms. The maximum Gasteiger partial charge on any atom is 0.342 e. The van der Waals surface area contributed by atoms with E-state index in [0.717, 1.165) is 36.1 Å². The van der Waals surface area contributed by atoms with Crippen LogP contribution in [0.4, 0.5) is 5.00 Å². The third-order valence-corrected chi connectivity index (χ3v) is 5.61. The number of carbonyl (C=O) groups excluding carboxylic acids is 3. The van der Waals surface area contributed by atoms with Crippen LogP contribution in [0, 0.1) is 13.8 Å². The van der Waals surface area contributed by atoms with E-state index in [2.05, 4.69) is 10.6 Å². The van der Waals surface area contributed by atoms with E-state index in [4.69, 9.17) is 4.74 Å². The zero-order valence-corrected chi connectivity index (χ0v) is 16.0. The first-order valence-electron chi connectivity index (χ1n) is 8.68. The fourth-order valence-electron chi connectivity index (χ4n) is 2.96. The second-order valence-electron chi connectivity index (χ2n) is 6.56. The minimum absolute atomic E-state index is 0.169. The number of hydrogen-bond donors (Lipinski definition) is 2. The van der Waals surface area contributed by atoms with Crippen LogP contribution >= 0.6 is 11.3 Å². The Morgan fingerprint density at radius 1 is 1.16 bits per heavy atom. The van der Waals surface area contributed by atoms with Gasteiger partial charge in [0.2, 0.25) is 5.91 Å². The molecule has 1 fully saturated rings. The number of esters is 1. The summed E-state index contributed by atoms with van der Waals surface area (Å²) >= 11 is 1.33. The topological polar surface area (TPSA) is 84.5 Å². The van der Waals surface area contributed by atoms with Crippen molar-refractivity contribution in [3.05, 3.63) is 16.0 Å². The normalized spacial score (nSPS) is 16.2. The van der Waals surface area contributed by atoms with E-state index in [0.29, 0.717) is 10.6 Å². The van der Waals surface area contributed by atoms with Crippen LogP contribution in [-0.4, -0.2) is 29.9 Å². The Hall–Kier alpha value is -1.89. The zero-order valence-electron chi connectivity index (χ0n) is 15.2. The van der Waals surface area contributed by atoms with Crippen LogP contribution in [-0.2, 0) is 14.3 Å². The summed E-state index contributed by atoms with van der Waals surface area (Å²) in [4.78, 5) is 37.1. The van der Waals surface area contributed by atoms with Crippen molar-refractivity contribution in [2.45, 2.75) is 71.9 Å². The Bertz CT molecular complexity index is 662. The third-order valence-electron chi connectivity index (χ3n) is 4.48. The summed E-state index contributed by atoms with van der Waals surface area (Å²) in [6.45, 7) is 6.64. The van der Waals surface area contributed by atoms with Crippen molar-refractivity contribution in [3.63, 3.8) is 0 Å². The first-order chi connectivity index (χ1) is 11.8. The molecule has 7 heteroatoms. The molecule has 0 saturated heterocycles. The van der Waals surface area contributed by atoms with E-state index in [1.165, 1.54) is 24.7 Å². The molecule has 0 aromatic carbocycles. The smallest absolute Gasteiger partial charge is 0.342 e. The maximum absolute atomic E-state index is 12.5. The van der Waals surface area contributed by atoms with Gasteiger partial charge in [0.05, 0.1) is 5.56 Å². The van der Waals surface area contributed by atoms with Crippen LogP contribution in [0.5, 0.6) is 0 Å². The van der Waals surface area contributed by atoms with Crippen molar-refractivity contribution in [3.8, 4) is 0 Å². The Morgan fingerprint density at radius 2 is 1.80 bits per heavy atom. The summed E-state index contributed by atoms with van der Waals surface area (Å²) in [6, 6.07) is 0.169. The lowest BCUT2D eigenvalue weighted by molar-refractivity contribution is -0.130.